The largest absolute Gasteiger partial charge is 0.392 e. The summed E-state index contributed by atoms with van der Waals surface area (Å²) in [5.74, 6) is 0.423. The monoisotopic (exact) mass is 437 g/mol. The Hall–Kier alpha value is -2.55. The molecule has 2 heterocycles. The number of anilines is 1. The highest BCUT2D eigenvalue weighted by Crippen LogP contribution is 2.23. The van der Waals surface area contributed by atoms with E-state index in [9.17, 15) is 14.7 Å². The molecule has 0 amide bonds. The summed E-state index contributed by atoms with van der Waals surface area (Å²) in [5.41, 5.74) is 1.09. The van der Waals surface area contributed by atoms with Crippen LogP contribution in [0.1, 0.15) is 12.5 Å². The van der Waals surface area contributed by atoms with Gasteiger partial charge in [0, 0.05) is 20.6 Å². The van der Waals surface area contributed by atoms with E-state index in [1.807, 2.05) is 6.92 Å². The number of hydrogen-bond donors (Lipinski definition) is 2. The van der Waals surface area contributed by atoms with Crippen LogP contribution in [0.3, 0.4) is 0 Å². The van der Waals surface area contributed by atoms with Crippen LogP contribution < -0.4 is 16.6 Å². The second kappa shape index (κ2) is 8.44. The minimum Gasteiger partial charge on any atom is -0.392 e. The van der Waals surface area contributed by atoms with Gasteiger partial charge >= 0.3 is 5.69 Å². The second-order valence-corrected chi connectivity index (χ2v) is 7.42. The van der Waals surface area contributed by atoms with Gasteiger partial charge in [0.2, 0.25) is 5.95 Å². The number of fused-ring (bicyclic) bond motifs is 1. The van der Waals surface area contributed by atoms with Crippen molar-refractivity contribution in [3.8, 4) is 0 Å². The Bertz CT molecular complexity index is 1220. The van der Waals surface area contributed by atoms with E-state index in [1.54, 1.807) is 42.9 Å². The third-order valence-corrected chi connectivity index (χ3v) is 5.51. The van der Waals surface area contributed by atoms with Crippen molar-refractivity contribution in [2.24, 2.45) is 14.1 Å². The predicted molar refractivity (Wildman–Crippen MR) is 115 cm³/mol. The van der Waals surface area contributed by atoms with Gasteiger partial charge in [-0.3, -0.25) is 13.9 Å². The molecule has 3 aromatic rings. The van der Waals surface area contributed by atoms with E-state index >= 15 is 0 Å². The van der Waals surface area contributed by atoms with Gasteiger partial charge in [-0.05, 0) is 30.2 Å². The van der Waals surface area contributed by atoms with Gasteiger partial charge in [0.15, 0.2) is 11.2 Å². The molecule has 0 unspecified atom stereocenters. The highest BCUT2D eigenvalue weighted by atomic mass is 35.5. The molecule has 0 spiro atoms. The fourth-order valence-corrected chi connectivity index (χ4v) is 3.32. The molecule has 0 aliphatic carbocycles. The second-order valence-electron chi connectivity index (χ2n) is 6.61. The van der Waals surface area contributed by atoms with Crippen LogP contribution in [-0.2, 0) is 20.6 Å². The number of imidazole rings is 1. The number of aryl methyl sites for hydroxylation is 2. The van der Waals surface area contributed by atoms with Gasteiger partial charge < -0.3 is 15.0 Å². The molecule has 0 aliphatic heterocycles. The molecule has 8 nitrogen and oxygen atoms in total. The van der Waals surface area contributed by atoms with Crippen molar-refractivity contribution < 1.29 is 5.11 Å². The Morgan fingerprint density at radius 1 is 1.21 bits per heavy atom. The lowest BCUT2D eigenvalue weighted by Gasteiger charge is -2.09. The van der Waals surface area contributed by atoms with Gasteiger partial charge in [-0.15, -0.1) is 0 Å². The third kappa shape index (κ3) is 3.96. The zero-order chi connectivity index (χ0) is 21.3. The Morgan fingerprint density at radius 3 is 2.55 bits per heavy atom. The van der Waals surface area contributed by atoms with E-state index in [-0.39, 0.29) is 18.8 Å². The lowest BCUT2D eigenvalue weighted by atomic mass is 10.2. The molecule has 0 saturated carbocycles. The smallest absolute Gasteiger partial charge is 0.332 e. The molecule has 154 valence electrons. The quantitative estimate of drug-likeness (QED) is 0.576. The Balaban J connectivity index is 2.09. The molecule has 10 heteroatoms. The number of rotatable bonds is 6. The molecule has 0 fully saturated rings. The number of nitrogens with one attached hydrogen (secondary N) is 1. The molecule has 0 radical (unpaired) electrons. The van der Waals surface area contributed by atoms with Crippen LogP contribution in [0.2, 0.25) is 10.0 Å². The number of aliphatic hydroxyl groups excluding tert-OH is 1. The highest BCUT2D eigenvalue weighted by molar-refractivity contribution is 6.42. The van der Waals surface area contributed by atoms with Crippen LogP contribution in [0.15, 0.2) is 39.4 Å². The molecule has 0 atom stereocenters. The number of allylic oxidation sites excluding steroid dienone is 1. The minimum absolute atomic E-state index is 0.0551. The molecular formula is C19H21Cl2N5O3. The van der Waals surface area contributed by atoms with Crippen LogP contribution >= 0.6 is 23.2 Å². The molecule has 0 saturated heterocycles. The SMILES string of the molecule is C/C=C(\CO)CNc1nc2c(c(=O)n(Cc3ccc(Cl)c(Cl)c3)c(=O)n2C)n1C. The van der Waals surface area contributed by atoms with E-state index in [2.05, 4.69) is 10.3 Å². The van der Waals surface area contributed by atoms with Crippen LogP contribution in [0.25, 0.3) is 11.2 Å². The van der Waals surface area contributed by atoms with Crippen molar-refractivity contribution in [3.05, 3.63) is 66.3 Å². The van der Waals surface area contributed by atoms with Crippen LogP contribution in [0.4, 0.5) is 5.95 Å². The first-order chi connectivity index (χ1) is 13.8. The van der Waals surface area contributed by atoms with Crippen molar-refractivity contribution in [2.45, 2.75) is 13.5 Å². The molecule has 29 heavy (non-hydrogen) atoms. The van der Waals surface area contributed by atoms with E-state index in [0.717, 1.165) is 10.1 Å². The first kappa shape index (κ1) is 21.2. The standard InChI is InChI=1S/C19H21Cl2N5O3/c1-4-11(10-27)8-22-18-23-16-15(24(18)2)17(28)26(19(29)25(16)3)9-12-5-6-13(20)14(21)7-12/h4-7,27H,8-10H2,1-3H3,(H,22,23)/b11-4-. The number of hydrogen-bond acceptors (Lipinski definition) is 5. The average Bonchev–Trinajstić information content (AvgIpc) is 3.03. The average molecular weight is 438 g/mol. The minimum atomic E-state index is -0.484. The number of aliphatic hydroxyl groups is 1. The lowest BCUT2D eigenvalue weighted by molar-refractivity contribution is 0.330. The fourth-order valence-electron chi connectivity index (χ4n) is 3.00. The first-order valence-electron chi connectivity index (χ1n) is 8.87. The Kier molecular flexibility index (Phi) is 6.16. The van der Waals surface area contributed by atoms with Gasteiger partial charge in [0.25, 0.3) is 5.56 Å². The molecule has 0 aliphatic rings. The van der Waals surface area contributed by atoms with Crippen molar-refractivity contribution >= 4 is 40.3 Å². The molecule has 3 rings (SSSR count). The van der Waals surface area contributed by atoms with Crippen LogP contribution in [-0.4, -0.2) is 36.9 Å². The molecule has 1 aromatic carbocycles. The lowest BCUT2D eigenvalue weighted by Crippen LogP contribution is -2.39. The number of benzene rings is 1. The molecular weight excluding hydrogens is 417 g/mol. The predicted octanol–water partition coefficient (Wildman–Crippen LogP) is 2.14. The highest BCUT2D eigenvalue weighted by Gasteiger charge is 2.19. The summed E-state index contributed by atoms with van der Waals surface area (Å²) in [6.45, 7) is 2.17. The maximum Gasteiger partial charge on any atom is 0.332 e. The number of nitrogens with zero attached hydrogens (tertiary/aromatic N) is 4. The van der Waals surface area contributed by atoms with Gasteiger partial charge in [-0.1, -0.05) is 35.3 Å². The third-order valence-electron chi connectivity index (χ3n) is 4.77. The van der Waals surface area contributed by atoms with Gasteiger partial charge in [-0.2, -0.15) is 4.98 Å². The Morgan fingerprint density at radius 2 is 1.93 bits per heavy atom. The van der Waals surface area contributed by atoms with E-state index in [1.165, 1.54) is 4.57 Å². The van der Waals surface area contributed by atoms with Gasteiger partial charge in [0.05, 0.1) is 23.2 Å². The van der Waals surface area contributed by atoms with E-state index < -0.39 is 11.2 Å². The van der Waals surface area contributed by atoms with Crippen molar-refractivity contribution in [3.63, 3.8) is 0 Å². The summed E-state index contributed by atoms with van der Waals surface area (Å²) in [6, 6.07) is 4.97. The number of halogens is 2. The van der Waals surface area contributed by atoms with Gasteiger partial charge in [0.1, 0.15) is 0 Å². The zero-order valence-electron chi connectivity index (χ0n) is 16.2. The summed E-state index contributed by atoms with van der Waals surface area (Å²) >= 11 is 12.0. The van der Waals surface area contributed by atoms with Crippen molar-refractivity contribution in [2.75, 3.05) is 18.5 Å². The summed E-state index contributed by atoms with van der Waals surface area (Å²) < 4.78 is 4.08. The summed E-state index contributed by atoms with van der Waals surface area (Å²) in [4.78, 5) is 30.3. The summed E-state index contributed by atoms with van der Waals surface area (Å²) in [5, 5.41) is 13.1. The normalized spacial score (nSPS) is 12.0. The molecule has 2 N–H and O–H groups in total. The maximum absolute atomic E-state index is 13.1. The maximum atomic E-state index is 13.1. The van der Waals surface area contributed by atoms with Gasteiger partial charge in [-0.25, -0.2) is 4.79 Å². The Labute approximate surface area is 176 Å². The molecule has 2 aromatic heterocycles. The molecule has 0 bridgehead atoms. The van der Waals surface area contributed by atoms with Crippen LogP contribution in [0.5, 0.6) is 0 Å². The van der Waals surface area contributed by atoms with Crippen LogP contribution in [0, 0.1) is 0 Å². The zero-order valence-corrected chi connectivity index (χ0v) is 17.8. The summed E-state index contributed by atoms with van der Waals surface area (Å²) in [7, 11) is 3.26. The number of aromatic nitrogens is 4. The van der Waals surface area contributed by atoms with E-state index in [4.69, 9.17) is 23.2 Å². The fraction of sp³-hybridized carbons (Fsp3) is 0.316. The van der Waals surface area contributed by atoms with E-state index in [0.29, 0.717) is 33.6 Å². The first-order valence-corrected chi connectivity index (χ1v) is 9.63. The topological polar surface area (TPSA) is 94.1 Å². The van der Waals surface area contributed by atoms with Crippen molar-refractivity contribution in [1.29, 1.82) is 0 Å². The summed E-state index contributed by atoms with van der Waals surface area (Å²) in [6.07, 6.45) is 1.80. The van der Waals surface area contributed by atoms with Crippen molar-refractivity contribution in [1.82, 2.24) is 18.7 Å².